The number of hydrogen-bond donors (Lipinski definition) is 0. The molecule has 1 fully saturated rings. The third-order valence-electron chi connectivity index (χ3n) is 4.91. The monoisotopic (exact) mass is 348 g/mol. The zero-order chi connectivity index (χ0) is 17.8. The van der Waals surface area contributed by atoms with Crippen LogP contribution in [0.25, 0.3) is 0 Å². The average molecular weight is 348 g/mol. The number of nitrogens with zero attached hydrogens (tertiary/aromatic N) is 2. The van der Waals surface area contributed by atoms with E-state index in [0.717, 1.165) is 36.7 Å². The Morgan fingerprint density at radius 1 is 1.08 bits per heavy atom. The van der Waals surface area contributed by atoms with Crippen LogP contribution in [0.4, 0.5) is 0 Å². The van der Waals surface area contributed by atoms with Gasteiger partial charge in [-0.25, -0.2) is 0 Å². The lowest BCUT2D eigenvalue weighted by molar-refractivity contribution is 0.236. The molecule has 4 rings (SSSR count). The molecule has 0 bridgehead atoms. The normalized spacial score (nSPS) is 17.5. The molecule has 4 nitrogen and oxygen atoms in total. The fourth-order valence-corrected chi connectivity index (χ4v) is 3.56. The van der Waals surface area contributed by atoms with Crippen LogP contribution < -0.4 is 4.74 Å². The van der Waals surface area contributed by atoms with Crippen LogP contribution in [0.15, 0.2) is 65.2 Å². The van der Waals surface area contributed by atoms with E-state index in [9.17, 15) is 0 Å². The molecule has 0 radical (unpaired) electrons. The maximum atomic E-state index is 5.87. The molecule has 0 spiro atoms. The minimum atomic E-state index is 0.362. The molecule has 4 heteroatoms. The van der Waals surface area contributed by atoms with Gasteiger partial charge in [0, 0.05) is 12.6 Å². The summed E-state index contributed by atoms with van der Waals surface area (Å²) in [5.41, 5.74) is 3.53. The van der Waals surface area contributed by atoms with Gasteiger partial charge in [0.05, 0.1) is 6.04 Å². The fourth-order valence-electron chi connectivity index (χ4n) is 3.56. The van der Waals surface area contributed by atoms with Crippen LogP contribution in [0.2, 0.25) is 0 Å². The van der Waals surface area contributed by atoms with Crippen molar-refractivity contribution in [3.05, 3.63) is 83.2 Å². The topological polar surface area (TPSA) is 38.5 Å². The Bertz CT molecular complexity index is 827. The number of aromatic nitrogens is 1. The minimum Gasteiger partial charge on any atom is -0.489 e. The van der Waals surface area contributed by atoms with E-state index in [1.807, 2.05) is 25.1 Å². The summed E-state index contributed by atoms with van der Waals surface area (Å²) in [5, 5.41) is 4.22. The molecule has 0 saturated carbocycles. The Morgan fingerprint density at radius 2 is 1.88 bits per heavy atom. The summed E-state index contributed by atoms with van der Waals surface area (Å²) in [6.07, 6.45) is 2.35. The van der Waals surface area contributed by atoms with Gasteiger partial charge in [0.15, 0.2) is 0 Å². The van der Waals surface area contributed by atoms with Crippen LogP contribution in [0.3, 0.4) is 0 Å². The van der Waals surface area contributed by atoms with Crippen molar-refractivity contribution in [3.8, 4) is 5.75 Å². The second kappa shape index (κ2) is 7.75. The Hall–Kier alpha value is -2.59. The standard InChI is InChI=1S/C22H24N2O2/c1-17-14-21(23-26-17)22-8-5-13-24(22)15-18-9-11-20(12-10-18)25-16-19-6-3-2-4-7-19/h2-4,6-7,9-12,14,22H,5,8,13,15-16H2,1H3/t22-/m1/s1. The van der Waals surface area contributed by atoms with Crippen LogP contribution in [0.5, 0.6) is 5.75 Å². The van der Waals surface area contributed by atoms with E-state index in [0.29, 0.717) is 12.6 Å². The second-order valence-electron chi connectivity index (χ2n) is 6.91. The minimum absolute atomic E-state index is 0.362. The maximum Gasteiger partial charge on any atom is 0.133 e. The Labute approximate surface area is 154 Å². The molecule has 1 atom stereocenters. The van der Waals surface area contributed by atoms with E-state index in [4.69, 9.17) is 9.26 Å². The van der Waals surface area contributed by atoms with Crippen molar-refractivity contribution >= 4 is 0 Å². The molecular weight excluding hydrogens is 324 g/mol. The van der Waals surface area contributed by atoms with Gasteiger partial charge >= 0.3 is 0 Å². The highest BCUT2D eigenvalue weighted by atomic mass is 16.5. The molecule has 2 aromatic carbocycles. The number of likely N-dealkylation sites (tertiary alicyclic amines) is 1. The largest absolute Gasteiger partial charge is 0.489 e. The van der Waals surface area contributed by atoms with Crippen LogP contribution >= 0.6 is 0 Å². The van der Waals surface area contributed by atoms with Gasteiger partial charge in [0.25, 0.3) is 0 Å². The molecule has 0 N–H and O–H groups in total. The number of benzene rings is 2. The first-order chi connectivity index (χ1) is 12.8. The fraction of sp³-hybridized carbons (Fsp3) is 0.318. The van der Waals surface area contributed by atoms with Crippen molar-refractivity contribution in [1.29, 1.82) is 0 Å². The van der Waals surface area contributed by atoms with Gasteiger partial charge in [-0.05, 0) is 49.6 Å². The van der Waals surface area contributed by atoms with E-state index >= 15 is 0 Å². The van der Waals surface area contributed by atoms with Gasteiger partial charge in [-0.2, -0.15) is 0 Å². The first kappa shape index (κ1) is 16.9. The first-order valence-electron chi connectivity index (χ1n) is 9.21. The van der Waals surface area contributed by atoms with Gasteiger partial charge in [-0.15, -0.1) is 0 Å². The second-order valence-corrected chi connectivity index (χ2v) is 6.91. The summed E-state index contributed by atoms with van der Waals surface area (Å²) in [6, 6.07) is 21.1. The van der Waals surface area contributed by atoms with E-state index in [2.05, 4.69) is 52.5 Å². The van der Waals surface area contributed by atoms with Gasteiger partial charge in [-0.1, -0.05) is 47.6 Å². The summed E-state index contributed by atoms with van der Waals surface area (Å²) in [7, 11) is 0. The summed E-state index contributed by atoms with van der Waals surface area (Å²) in [4.78, 5) is 2.48. The molecule has 0 aliphatic carbocycles. The lowest BCUT2D eigenvalue weighted by Crippen LogP contribution is -2.22. The summed E-state index contributed by atoms with van der Waals surface area (Å²) >= 11 is 0. The van der Waals surface area contributed by atoms with Crippen molar-refractivity contribution in [2.24, 2.45) is 0 Å². The molecule has 2 heterocycles. The quantitative estimate of drug-likeness (QED) is 0.635. The Kier molecular flexibility index (Phi) is 5.02. The van der Waals surface area contributed by atoms with Crippen LogP contribution in [-0.4, -0.2) is 16.6 Å². The number of rotatable bonds is 6. The van der Waals surface area contributed by atoms with Crippen LogP contribution in [-0.2, 0) is 13.2 Å². The summed E-state index contributed by atoms with van der Waals surface area (Å²) in [6.45, 7) is 4.57. The molecule has 1 saturated heterocycles. The molecule has 0 amide bonds. The molecule has 26 heavy (non-hydrogen) atoms. The highest BCUT2D eigenvalue weighted by molar-refractivity contribution is 5.28. The zero-order valence-corrected chi connectivity index (χ0v) is 15.1. The highest BCUT2D eigenvalue weighted by Gasteiger charge is 2.28. The summed E-state index contributed by atoms with van der Waals surface area (Å²) in [5.74, 6) is 1.79. The number of aryl methyl sites for hydroxylation is 1. The predicted molar refractivity (Wildman–Crippen MR) is 101 cm³/mol. The SMILES string of the molecule is Cc1cc([C@H]2CCCN2Cc2ccc(OCc3ccccc3)cc2)no1. The molecule has 0 unspecified atom stereocenters. The van der Waals surface area contributed by atoms with Crippen LogP contribution in [0, 0.1) is 6.92 Å². The average Bonchev–Trinajstić information content (AvgIpc) is 3.31. The van der Waals surface area contributed by atoms with Crippen LogP contribution in [0.1, 0.15) is 41.5 Å². The molecular formula is C22H24N2O2. The zero-order valence-electron chi connectivity index (χ0n) is 15.1. The third-order valence-corrected chi connectivity index (χ3v) is 4.91. The lowest BCUT2D eigenvalue weighted by Gasteiger charge is -2.22. The number of ether oxygens (including phenoxy) is 1. The van der Waals surface area contributed by atoms with E-state index in [-0.39, 0.29) is 0 Å². The van der Waals surface area contributed by atoms with Crippen molar-refractivity contribution in [3.63, 3.8) is 0 Å². The van der Waals surface area contributed by atoms with E-state index < -0.39 is 0 Å². The van der Waals surface area contributed by atoms with Crippen molar-refractivity contribution < 1.29 is 9.26 Å². The first-order valence-corrected chi connectivity index (χ1v) is 9.21. The third kappa shape index (κ3) is 3.97. The Balaban J connectivity index is 1.36. The van der Waals surface area contributed by atoms with Crippen molar-refractivity contribution in [2.75, 3.05) is 6.54 Å². The lowest BCUT2D eigenvalue weighted by atomic mass is 10.1. The van der Waals surface area contributed by atoms with E-state index in [1.165, 1.54) is 17.5 Å². The Morgan fingerprint density at radius 3 is 2.62 bits per heavy atom. The maximum absolute atomic E-state index is 5.87. The highest BCUT2D eigenvalue weighted by Crippen LogP contribution is 2.33. The smallest absolute Gasteiger partial charge is 0.133 e. The molecule has 1 aliphatic rings. The number of hydrogen-bond acceptors (Lipinski definition) is 4. The summed E-state index contributed by atoms with van der Waals surface area (Å²) < 4.78 is 11.1. The van der Waals surface area contributed by atoms with Crippen molar-refractivity contribution in [2.45, 2.75) is 39.0 Å². The molecule has 1 aliphatic heterocycles. The van der Waals surface area contributed by atoms with Gasteiger partial charge in [0.1, 0.15) is 23.8 Å². The predicted octanol–water partition coefficient (Wildman–Crippen LogP) is 4.90. The molecule has 134 valence electrons. The van der Waals surface area contributed by atoms with E-state index in [1.54, 1.807) is 0 Å². The van der Waals surface area contributed by atoms with Gasteiger partial charge in [-0.3, -0.25) is 4.90 Å². The molecule has 1 aromatic heterocycles. The molecule has 3 aromatic rings. The van der Waals surface area contributed by atoms with Gasteiger partial charge < -0.3 is 9.26 Å². The van der Waals surface area contributed by atoms with Crippen molar-refractivity contribution in [1.82, 2.24) is 10.1 Å². The van der Waals surface area contributed by atoms with Gasteiger partial charge in [0.2, 0.25) is 0 Å².